The van der Waals surface area contributed by atoms with Crippen molar-refractivity contribution >= 4 is 0 Å². The van der Waals surface area contributed by atoms with Crippen LogP contribution >= 0.6 is 0 Å². The summed E-state index contributed by atoms with van der Waals surface area (Å²) < 4.78 is 68.8. The molecule has 0 N–H and O–H groups in total. The SMILES string of the molecule is CCCOCc1c(F)c(F)c(F)c(F)c1F. The van der Waals surface area contributed by atoms with Gasteiger partial charge in [-0.25, -0.2) is 22.0 Å². The molecule has 6 heteroatoms. The van der Waals surface area contributed by atoms with E-state index < -0.39 is 41.3 Å². The van der Waals surface area contributed by atoms with Crippen molar-refractivity contribution in [2.75, 3.05) is 6.61 Å². The van der Waals surface area contributed by atoms with Crippen LogP contribution in [-0.2, 0) is 11.3 Å². The molecule has 0 atom stereocenters. The molecular formula is C10H9F5O. The van der Waals surface area contributed by atoms with Gasteiger partial charge in [-0.15, -0.1) is 0 Å². The lowest BCUT2D eigenvalue weighted by Crippen LogP contribution is -2.08. The van der Waals surface area contributed by atoms with Gasteiger partial charge in [0, 0.05) is 6.61 Å². The molecule has 0 amide bonds. The maximum absolute atomic E-state index is 13.0. The van der Waals surface area contributed by atoms with E-state index in [1.165, 1.54) is 0 Å². The maximum atomic E-state index is 13.0. The van der Waals surface area contributed by atoms with Crippen molar-refractivity contribution in [2.45, 2.75) is 20.0 Å². The van der Waals surface area contributed by atoms with Crippen molar-refractivity contribution < 1.29 is 26.7 Å². The van der Waals surface area contributed by atoms with Gasteiger partial charge in [-0.05, 0) is 6.42 Å². The monoisotopic (exact) mass is 240 g/mol. The van der Waals surface area contributed by atoms with Crippen LogP contribution in [0.5, 0.6) is 0 Å². The molecule has 0 saturated carbocycles. The quantitative estimate of drug-likeness (QED) is 0.339. The summed E-state index contributed by atoms with van der Waals surface area (Å²) in [7, 11) is 0. The van der Waals surface area contributed by atoms with Crippen molar-refractivity contribution in [3.8, 4) is 0 Å². The molecule has 0 aliphatic rings. The van der Waals surface area contributed by atoms with E-state index in [0.29, 0.717) is 6.42 Å². The lowest BCUT2D eigenvalue weighted by atomic mass is 10.2. The first-order valence-corrected chi connectivity index (χ1v) is 4.58. The second kappa shape index (κ2) is 5.25. The molecule has 0 bridgehead atoms. The lowest BCUT2D eigenvalue weighted by Gasteiger charge is -2.08. The van der Waals surface area contributed by atoms with E-state index in [-0.39, 0.29) is 6.61 Å². The molecule has 1 aromatic rings. The second-order valence-electron chi connectivity index (χ2n) is 3.10. The van der Waals surface area contributed by atoms with Crippen LogP contribution < -0.4 is 0 Å². The number of hydrogen-bond acceptors (Lipinski definition) is 1. The minimum atomic E-state index is -2.16. The molecule has 0 aliphatic heterocycles. The number of hydrogen-bond donors (Lipinski definition) is 0. The Morgan fingerprint density at radius 1 is 0.812 bits per heavy atom. The average molecular weight is 240 g/mol. The van der Waals surface area contributed by atoms with E-state index >= 15 is 0 Å². The van der Waals surface area contributed by atoms with E-state index in [1.807, 2.05) is 0 Å². The number of benzene rings is 1. The Morgan fingerprint density at radius 2 is 1.25 bits per heavy atom. The van der Waals surface area contributed by atoms with Crippen LogP contribution in [0.25, 0.3) is 0 Å². The molecule has 0 aromatic heterocycles. The van der Waals surface area contributed by atoms with Gasteiger partial charge in [-0.3, -0.25) is 0 Å². The third-order valence-corrected chi connectivity index (χ3v) is 1.90. The van der Waals surface area contributed by atoms with Crippen molar-refractivity contribution in [3.05, 3.63) is 34.6 Å². The second-order valence-corrected chi connectivity index (χ2v) is 3.10. The highest BCUT2D eigenvalue weighted by Gasteiger charge is 2.25. The summed E-state index contributed by atoms with van der Waals surface area (Å²) in [6, 6.07) is 0. The predicted octanol–water partition coefficient (Wildman–Crippen LogP) is 3.31. The van der Waals surface area contributed by atoms with Crippen LogP contribution in [0.4, 0.5) is 22.0 Å². The van der Waals surface area contributed by atoms with Gasteiger partial charge < -0.3 is 4.74 Å². The van der Waals surface area contributed by atoms with Gasteiger partial charge >= 0.3 is 0 Å². The maximum Gasteiger partial charge on any atom is 0.200 e. The molecule has 1 rings (SSSR count). The van der Waals surface area contributed by atoms with Crippen molar-refractivity contribution in [1.82, 2.24) is 0 Å². The fourth-order valence-corrected chi connectivity index (χ4v) is 1.10. The van der Waals surface area contributed by atoms with E-state index in [0.717, 1.165) is 0 Å². The minimum Gasteiger partial charge on any atom is -0.377 e. The summed E-state index contributed by atoms with van der Waals surface area (Å²) in [5.41, 5.74) is -0.940. The van der Waals surface area contributed by atoms with Crippen LogP contribution in [0.2, 0.25) is 0 Å². The zero-order valence-corrected chi connectivity index (χ0v) is 8.42. The highest BCUT2D eigenvalue weighted by atomic mass is 19.2. The van der Waals surface area contributed by atoms with E-state index in [4.69, 9.17) is 4.74 Å². The Morgan fingerprint density at radius 3 is 1.69 bits per heavy atom. The summed E-state index contributed by atoms with van der Waals surface area (Å²) in [6.45, 7) is 1.29. The van der Waals surface area contributed by atoms with Crippen LogP contribution in [0, 0.1) is 29.1 Å². The van der Waals surface area contributed by atoms with Crippen LogP contribution in [0.15, 0.2) is 0 Å². The molecule has 1 nitrogen and oxygen atoms in total. The van der Waals surface area contributed by atoms with Gasteiger partial charge in [-0.1, -0.05) is 6.92 Å². The summed E-state index contributed by atoms with van der Waals surface area (Å²) in [6.07, 6.45) is 0.579. The van der Waals surface area contributed by atoms with Crippen LogP contribution in [-0.4, -0.2) is 6.61 Å². The van der Waals surface area contributed by atoms with Gasteiger partial charge in [0.1, 0.15) is 0 Å². The smallest absolute Gasteiger partial charge is 0.200 e. The standard InChI is InChI=1S/C10H9F5O/c1-2-3-16-4-5-6(11)8(13)10(15)9(14)7(5)12/h2-4H2,1H3. The molecule has 0 aliphatic carbocycles. The summed E-state index contributed by atoms with van der Waals surface area (Å²) in [4.78, 5) is 0. The third-order valence-electron chi connectivity index (χ3n) is 1.90. The molecule has 0 saturated heterocycles. The first-order valence-electron chi connectivity index (χ1n) is 4.58. The van der Waals surface area contributed by atoms with Crippen molar-refractivity contribution in [1.29, 1.82) is 0 Å². The number of ether oxygens (including phenoxy) is 1. The van der Waals surface area contributed by atoms with Crippen molar-refractivity contribution in [2.24, 2.45) is 0 Å². The number of rotatable bonds is 4. The van der Waals surface area contributed by atoms with Gasteiger partial charge in [-0.2, -0.15) is 0 Å². The summed E-state index contributed by atoms with van der Waals surface area (Å²) in [5.74, 6) is -9.74. The minimum absolute atomic E-state index is 0.180. The van der Waals surface area contributed by atoms with Crippen molar-refractivity contribution in [3.63, 3.8) is 0 Å². The number of halogens is 5. The molecule has 0 unspecified atom stereocenters. The molecule has 1 aromatic carbocycles. The first-order chi connectivity index (χ1) is 7.50. The molecule has 90 valence electrons. The van der Waals surface area contributed by atoms with Gasteiger partial charge in [0.15, 0.2) is 23.3 Å². The molecule has 0 radical (unpaired) electrons. The zero-order chi connectivity index (χ0) is 12.3. The highest BCUT2D eigenvalue weighted by Crippen LogP contribution is 2.23. The molecular weight excluding hydrogens is 231 g/mol. The van der Waals surface area contributed by atoms with E-state index in [2.05, 4.69) is 0 Å². The Labute approximate surface area is 88.8 Å². The normalized spacial score (nSPS) is 10.9. The molecule has 16 heavy (non-hydrogen) atoms. The largest absolute Gasteiger partial charge is 0.377 e. The highest BCUT2D eigenvalue weighted by molar-refractivity contribution is 5.23. The summed E-state index contributed by atoms with van der Waals surface area (Å²) in [5, 5.41) is 0. The third kappa shape index (κ3) is 2.32. The average Bonchev–Trinajstić information content (AvgIpc) is 2.28. The Kier molecular flexibility index (Phi) is 4.23. The summed E-state index contributed by atoms with van der Waals surface area (Å²) >= 11 is 0. The fraction of sp³-hybridized carbons (Fsp3) is 0.400. The Bertz CT molecular complexity index is 362. The fourth-order valence-electron chi connectivity index (χ4n) is 1.10. The van der Waals surface area contributed by atoms with E-state index in [9.17, 15) is 22.0 Å². The zero-order valence-electron chi connectivity index (χ0n) is 8.42. The topological polar surface area (TPSA) is 9.23 Å². The Hall–Kier alpha value is -1.17. The van der Waals surface area contributed by atoms with E-state index in [1.54, 1.807) is 6.92 Å². The Balaban J connectivity index is 3.08. The lowest BCUT2D eigenvalue weighted by molar-refractivity contribution is 0.114. The first kappa shape index (κ1) is 12.9. The van der Waals surface area contributed by atoms with Gasteiger partial charge in [0.2, 0.25) is 5.82 Å². The molecule has 0 spiro atoms. The van der Waals surface area contributed by atoms with Gasteiger partial charge in [0.05, 0.1) is 12.2 Å². The molecule has 0 fully saturated rings. The van der Waals surface area contributed by atoms with Crippen LogP contribution in [0.3, 0.4) is 0 Å². The molecule has 0 heterocycles. The predicted molar refractivity (Wildman–Crippen MR) is 46.2 cm³/mol. The van der Waals surface area contributed by atoms with Crippen LogP contribution in [0.1, 0.15) is 18.9 Å². The van der Waals surface area contributed by atoms with Gasteiger partial charge in [0.25, 0.3) is 0 Å².